The second kappa shape index (κ2) is 11.1. The minimum Gasteiger partial charge on any atom is -0.497 e. The van der Waals surface area contributed by atoms with Gasteiger partial charge in [0.05, 0.1) is 19.6 Å². The van der Waals surface area contributed by atoms with Gasteiger partial charge in [0.15, 0.2) is 0 Å². The molecule has 0 aliphatic carbocycles. The number of hydrogen-bond donors (Lipinski definition) is 3. The average molecular weight is 437 g/mol. The lowest BCUT2D eigenvalue weighted by molar-refractivity contribution is -0.138. The van der Waals surface area contributed by atoms with Crippen molar-refractivity contribution in [1.82, 2.24) is 4.90 Å². The van der Waals surface area contributed by atoms with Crippen LogP contribution in [0.2, 0.25) is 0 Å². The van der Waals surface area contributed by atoms with Crippen molar-refractivity contribution < 1.29 is 23.8 Å². The van der Waals surface area contributed by atoms with Gasteiger partial charge in [0.1, 0.15) is 11.8 Å². The van der Waals surface area contributed by atoms with Crippen LogP contribution in [0.3, 0.4) is 0 Å². The fourth-order valence-corrected chi connectivity index (χ4v) is 3.28. The maximum Gasteiger partial charge on any atom is 0.320 e. The van der Waals surface area contributed by atoms with Gasteiger partial charge < -0.3 is 25.3 Å². The number of rotatable bonds is 11. The normalized spacial score (nSPS) is 11.8. The highest BCUT2D eigenvalue weighted by molar-refractivity contribution is 6.04. The molecular weight excluding hydrogens is 410 g/mol. The number of carbonyl (C=O) groups excluding carboxylic acids is 1. The number of hydrogen-bond acceptors (Lipinski definition) is 6. The number of aliphatic carboxylic acids is 1. The van der Waals surface area contributed by atoms with E-state index in [1.54, 1.807) is 43.9 Å². The summed E-state index contributed by atoms with van der Waals surface area (Å²) in [5, 5.41) is 12.1. The molecule has 168 valence electrons. The van der Waals surface area contributed by atoms with Crippen molar-refractivity contribution >= 4 is 17.6 Å². The molecule has 1 atom stereocenters. The molecule has 8 nitrogen and oxygen atoms in total. The molecule has 1 heterocycles. The largest absolute Gasteiger partial charge is 0.497 e. The molecule has 0 unspecified atom stereocenters. The van der Waals surface area contributed by atoms with E-state index >= 15 is 0 Å². The van der Waals surface area contributed by atoms with Gasteiger partial charge in [-0.3, -0.25) is 14.5 Å². The topological polar surface area (TPSA) is 118 Å². The van der Waals surface area contributed by atoms with Crippen molar-refractivity contribution in [3.8, 4) is 5.75 Å². The Balaban J connectivity index is 1.75. The SMILES string of the molecule is COc1cccc(C(=O)Nc2ccccc2CN(CC[C@H](N)C(=O)O)Cc2ccoc2)c1. The lowest BCUT2D eigenvalue weighted by atomic mass is 10.1. The number of furan rings is 1. The van der Waals surface area contributed by atoms with Gasteiger partial charge in [0.25, 0.3) is 5.91 Å². The van der Waals surface area contributed by atoms with Gasteiger partial charge in [-0.2, -0.15) is 0 Å². The van der Waals surface area contributed by atoms with E-state index in [4.69, 9.17) is 20.0 Å². The lowest BCUT2D eigenvalue weighted by Crippen LogP contribution is -2.35. The van der Waals surface area contributed by atoms with E-state index in [0.29, 0.717) is 43.1 Å². The van der Waals surface area contributed by atoms with Crippen LogP contribution in [0.1, 0.15) is 27.9 Å². The van der Waals surface area contributed by atoms with Crippen molar-refractivity contribution in [2.24, 2.45) is 5.73 Å². The van der Waals surface area contributed by atoms with E-state index in [1.807, 2.05) is 30.3 Å². The lowest BCUT2D eigenvalue weighted by Gasteiger charge is -2.24. The smallest absolute Gasteiger partial charge is 0.320 e. The number of carbonyl (C=O) groups is 2. The van der Waals surface area contributed by atoms with Crippen LogP contribution in [0.25, 0.3) is 0 Å². The minimum atomic E-state index is -1.03. The van der Waals surface area contributed by atoms with E-state index < -0.39 is 12.0 Å². The highest BCUT2D eigenvalue weighted by Crippen LogP contribution is 2.21. The van der Waals surface area contributed by atoms with Gasteiger partial charge in [0, 0.05) is 36.4 Å². The standard InChI is InChI=1S/C24H27N3O5/c1-31-20-7-4-6-18(13-20)23(28)26-22-8-3-2-5-19(22)15-27(11-9-21(25)24(29)30)14-17-10-12-32-16-17/h2-8,10,12-13,16,21H,9,11,14-15,25H2,1H3,(H,26,28)(H,29,30)/t21-/m0/s1. The molecule has 0 radical (unpaired) electrons. The predicted octanol–water partition coefficient (Wildman–Crippen LogP) is 3.34. The Labute approximate surface area is 186 Å². The number of carboxylic acids is 1. The molecule has 1 aromatic heterocycles. The Morgan fingerprint density at radius 2 is 1.97 bits per heavy atom. The number of nitrogens with one attached hydrogen (secondary N) is 1. The Morgan fingerprint density at radius 1 is 1.16 bits per heavy atom. The summed E-state index contributed by atoms with van der Waals surface area (Å²) in [5.41, 5.74) is 8.74. The molecule has 0 saturated carbocycles. The zero-order chi connectivity index (χ0) is 22.9. The Kier molecular flexibility index (Phi) is 8.02. The molecule has 2 aromatic carbocycles. The Bertz CT molecular complexity index is 1040. The summed E-state index contributed by atoms with van der Waals surface area (Å²) in [6.07, 6.45) is 3.55. The van der Waals surface area contributed by atoms with Gasteiger partial charge in [-0.25, -0.2) is 0 Å². The quantitative estimate of drug-likeness (QED) is 0.421. The van der Waals surface area contributed by atoms with Gasteiger partial charge in [-0.15, -0.1) is 0 Å². The van der Waals surface area contributed by atoms with Crippen LogP contribution in [0.4, 0.5) is 5.69 Å². The van der Waals surface area contributed by atoms with Crippen LogP contribution in [0.5, 0.6) is 5.75 Å². The van der Waals surface area contributed by atoms with Crippen LogP contribution in [-0.4, -0.2) is 41.6 Å². The molecule has 0 fully saturated rings. The van der Waals surface area contributed by atoms with Gasteiger partial charge >= 0.3 is 5.97 Å². The van der Waals surface area contributed by atoms with Crippen molar-refractivity contribution in [2.45, 2.75) is 25.6 Å². The third-order valence-corrected chi connectivity index (χ3v) is 5.05. The van der Waals surface area contributed by atoms with Crippen molar-refractivity contribution in [2.75, 3.05) is 19.0 Å². The summed E-state index contributed by atoms with van der Waals surface area (Å²) in [6.45, 7) is 1.52. The molecule has 0 aliphatic heterocycles. The van der Waals surface area contributed by atoms with Crippen LogP contribution in [0, 0.1) is 0 Å². The fourth-order valence-electron chi connectivity index (χ4n) is 3.28. The van der Waals surface area contributed by atoms with E-state index in [0.717, 1.165) is 11.1 Å². The monoisotopic (exact) mass is 437 g/mol. The number of methoxy groups -OCH3 is 1. The molecule has 0 aliphatic rings. The van der Waals surface area contributed by atoms with Gasteiger partial charge in [-0.1, -0.05) is 24.3 Å². The number of nitrogens with zero attached hydrogens (tertiary/aromatic N) is 1. The van der Waals surface area contributed by atoms with E-state index in [2.05, 4.69) is 10.2 Å². The molecule has 32 heavy (non-hydrogen) atoms. The Hall–Kier alpha value is -3.62. The van der Waals surface area contributed by atoms with Crippen molar-refractivity contribution in [1.29, 1.82) is 0 Å². The first-order chi connectivity index (χ1) is 15.5. The van der Waals surface area contributed by atoms with Crippen molar-refractivity contribution in [3.05, 3.63) is 83.8 Å². The third kappa shape index (κ3) is 6.44. The summed E-state index contributed by atoms with van der Waals surface area (Å²) in [4.78, 5) is 26.0. The van der Waals surface area contributed by atoms with Gasteiger partial charge in [-0.05, 0) is 42.3 Å². The highest BCUT2D eigenvalue weighted by atomic mass is 16.5. The molecule has 4 N–H and O–H groups in total. The number of carboxylic acid groups (broad SMARTS) is 1. The summed E-state index contributed by atoms with van der Waals surface area (Å²) >= 11 is 0. The second-order valence-corrected chi connectivity index (χ2v) is 7.42. The number of ether oxygens (including phenoxy) is 1. The summed E-state index contributed by atoms with van der Waals surface area (Å²) in [6, 6.07) is 15.4. The number of para-hydroxylation sites is 1. The van der Waals surface area contributed by atoms with Crippen molar-refractivity contribution in [3.63, 3.8) is 0 Å². The summed E-state index contributed by atoms with van der Waals surface area (Å²) < 4.78 is 10.4. The molecule has 0 spiro atoms. The zero-order valence-electron chi connectivity index (χ0n) is 17.9. The number of amides is 1. The number of nitrogens with two attached hydrogens (primary N) is 1. The molecular formula is C24H27N3O5. The van der Waals surface area contributed by atoms with Crippen LogP contribution < -0.4 is 15.8 Å². The molecule has 3 rings (SSSR count). The number of benzene rings is 2. The number of anilines is 1. The van der Waals surface area contributed by atoms with E-state index in [1.165, 1.54) is 0 Å². The molecule has 1 amide bonds. The highest BCUT2D eigenvalue weighted by Gasteiger charge is 2.17. The fraction of sp³-hybridized carbons (Fsp3) is 0.250. The minimum absolute atomic E-state index is 0.245. The van der Waals surface area contributed by atoms with Crippen LogP contribution in [0.15, 0.2) is 71.5 Å². The molecule has 3 aromatic rings. The first-order valence-corrected chi connectivity index (χ1v) is 10.2. The molecule has 8 heteroatoms. The molecule has 0 saturated heterocycles. The summed E-state index contributed by atoms with van der Waals surface area (Å²) in [5.74, 6) is -0.670. The maximum absolute atomic E-state index is 12.8. The third-order valence-electron chi connectivity index (χ3n) is 5.05. The van der Waals surface area contributed by atoms with E-state index in [9.17, 15) is 9.59 Å². The second-order valence-electron chi connectivity index (χ2n) is 7.42. The molecule has 0 bridgehead atoms. The van der Waals surface area contributed by atoms with Crippen LogP contribution >= 0.6 is 0 Å². The maximum atomic E-state index is 12.8. The first kappa shape index (κ1) is 23.1. The van der Waals surface area contributed by atoms with E-state index in [-0.39, 0.29) is 5.91 Å². The van der Waals surface area contributed by atoms with Crippen LogP contribution in [-0.2, 0) is 17.9 Å². The predicted molar refractivity (Wildman–Crippen MR) is 120 cm³/mol. The van der Waals surface area contributed by atoms with Gasteiger partial charge in [0.2, 0.25) is 0 Å². The zero-order valence-corrected chi connectivity index (χ0v) is 17.9. The summed E-state index contributed by atoms with van der Waals surface area (Å²) in [7, 11) is 1.55. The first-order valence-electron chi connectivity index (χ1n) is 10.2. The Morgan fingerprint density at radius 3 is 2.69 bits per heavy atom. The average Bonchev–Trinajstić information content (AvgIpc) is 3.31.